The van der Waals surface area contributed by atoms with E-state index < -0.39 is 45.7 Å². The minimum atomic E-state index is -1.61. The van der Waals surface area contributed by atoms with Crippen LogP contribution in [0.3, 0.4) is 0 Å². The van der Waals surface area contributed by atoms with E-state index in [0.717, 1.165) is 10.5 Å². The maximum absolute atomic E-state index is 12.9. The molecule has 0 aromatic heterocycles. The van der Waals surface area contributed by atoms with Crippen LogP contribution in [0.5, 0.6) is 0 Å². The van der Waals surface area contributed by atoms with Gasteiger partial charge in [0.1, 0.15) is 29.3 Å². The number of amides is 2. The smallest absolute Gasteiger partial charge is 0.355 e. The lowest BCUT2D eigenvalue weighted by Gasteiger charge is -2.49. The SMILES string of the molecule is CC(=O)OCC1=C(C(=O)OC(C)(C)C)N2C(=O)[C@@H](NC(=O)Cc3ccccc3)[C@H]2S(=O)C1. The Bertz CT molecular complexity index is 997. The van der Waals surface area contributed by atoms with E-state index >= 15 is 0 Å². The van der Waals surface area contributed by atoms with Crippen molar-refractivity contribution in [2.45, 2.75) is 51.1 Å². The van der Waals surface area contributed by atoms with Crippen LogP contribution >= 0.6 is 0 Å². The van der Waals surface area contributed by atoms with Crippen molar-refractivity contribution in [3.8, 4) is 0 Å². The molecule has 172 valence electrons. The fourth-order valence-electron chi connectivity index (χ4n) is 3.47. The Balaban J connectivity index is 1.82. The molecule has 1 saturated heterocycles. The number of hydrogen-bond acceptors (Lipinski definition) is 7. The van der Waals surface area contributed by atoms with E-state index in [-0.39, 0.29) is 36.0 Å². The van der Waals surface area contributed by atoms with Gasteiger partial charge in [0, 0.05) is 12.5 Å². The Morgan fingerprint density at radius 1 is 1.19 bits per heavy atom. The van der Waals surface area contributed by atoms with Crippen molar-refractivity contribution in [3.05, 3.63) is 47.2 Å². The van der Waals surface area contributed by atoms with Gasteiger partial charge in [-0.2, -0.15) is 0 Å². The molecule has 2 aliphatic rings. The third kappa shape index (κ3) is 5.24. The lowest BCUT2D eigenvalue weighted by atomic mass is 10.0. The Labute approximate surface area is 188 Å². The summed E-state index contributed by atoms with van der Waals surface area (Å²) in [5, 5.41) is 1.74. The van der Waals surface area contributed by atoms with E-state index in [0.29, 0.717) is 0 Å². The number of benzene rings is 1. The lowest BCUT2D eigenvalue weighted by molar-refractivity contribution is -0.159. The molecule has 0 saturated carbocycles. The first kappa shape index (κ1) is 23.6. The first-order valence-electron chi connectivity index (χ1n) is 10.1. The van der Waals surface area contributed by atoms with Crippen LogP contribution in [-0.4, -0.2) is 62.2 Å². The highest BCUT2D eigenvalue weighted by Gasteiger charge is 2.57. The standard InChI is InChI=1S/C22H26N2O7S/c1-13(25)30-11-15-12-32(29)20-17(23-16(26)10-14-8-6-5-7-9-14)19(27)24(20)18(15)21(28)31-22(2,3)4/h5-9,17,20H,10-12H2,1-4H3,(H,23,26)/t17-,20-,32?/m1/s1. The van der Waals surface area contributed by atoms with Crippen LogP contribution in [-0.2, 0) is 45.9 Å². The molecule has 10 heteroatoms. The number of nitrogens with one attached hydrogen (secondary N) is 1. The van der Waals surface area contributed by atoms with Crippen LogP contribution in [0.15, 0.2) is 41.6 Å². The van der Waals surface area contributed by atoms with Gasteiger partial charge in [0.2, 0.25) is 5.91 Å². The van der Waals surface area contributed by atoms with Crippen LogP contribution in [0.4, 0.5) is 0 Å². The van der Waals surface area contributed by atoms with Gasteiger partial charge >= 0.3 is 11.9 Å². The number of fused-ring (bicyclic) bond motifs is 1. The summed E-state index contributed by atoms with van der Waals surface area (Å²) in [6.07, 6.45) is 0.0659. The zero-order valence-electron chi connectivity index (χ0n) is 18.4. The van der Waals surface area contributed by atoms with Crippen molar-refractivity contribution >= 4 is 34.6 Å². The minimum Gasteiger partial charge on any atom is -0.461 e. The van der Waals surface area contributed by atoms with Crippen LogP contribution in [0.1, 0.15) is 33.3 Å². The third-order valence-corrected chi connectivity index (χ3v) is 6.43. The number of ether oxygens (including phenoxy) is 2. The summed E-state index contributed by atoms with van der Waals surface area (Å²) in [5.41, 5.74) is 0.104. The normalized spacial score (nSPS) is 22.6. The molecule has 2 amide bonds. The van der Waals surface area contributed by atoms with Crippen LogP contribution in [0.2, 0.25) is 0 Å². The molecule has 2 aliphatic heterocycles. The number of carbonyl (C=O) groups is 4. The van der Waals surface area contributed by atoms with Crippen LogP contribution in [0.25, 0.3) is 0 Å². The van der Waals surface area contributed by atoms with Crippen molar-refractivity contribution < 1.29 is 32.9 Å². The summed E-state index contributed by atoms with van der Waals surface area (Å²) >= 11 is 0. The van der Waals surface area contributed by atoms with Gasteiger partial charge in [-0.1, -0.05) is 30.3 Å². The fourth-order valence-corrected chi connectivity index (χ4v) is 5.14. The average Bonchev–Trinajstić information content (AvgIpc) is 2.69. The highest BCUT2D eigenvalue weighted by molar-refractivity contribution is 7.86. The van der Waals surface area contributed by atoms with Gasteiger partial charge in [0.25, 0.3) is 5.91 Å². The highest BCUT2D eigenvalue weighted by atomic mass is 32.2. The van der Waals surface area contributed by atoms with Gasteiger partial charge in [-0.05, 0) is 26.3 Å². The Hall–Kier alpha value is -3.01. The van der Waals surface area contributed by atoms with Crippen LogP contribution in [0, 0.1) is 0 Å². The molecule has 9 nitrogen and oxygen atoms in total. The molecule has 1 aromatic carbocycles. The van der Waals surface area contributed by atoms with Crippen molar-refractivity contribution in [2.24, 2.45) is 0 Å². The summed E-state index contributed by atoms with van der Waals surface area (Å²) in [4.78, 5) is 50.6. The van der Waals surface area contributed by atoms with Gasteiger partial charge in [-0.3, -0.25) is 23.5 Å². The Morgan fingerprint density at radius 3 is 2.44 bits per heavy atom. The molecule has 0 radical (unpaired) electrons. The molecule has 2 heterocycles. The van der Waals surface area contributed by atoms with Gasteiger partial charge in [-0.15, -0.1) is 0 Å². The van der Waals surface area contributed by atoms with Gasteiger partial charge in [-0.25, -0.2) is 4.79 Å². The number of esters is 2. The summed E-state index contributed by atoms with van der Waals surface area (Å²) in [6.45, 7) is 5.97. The van der Waals surface area contributed by atoms with E-state index in [1.807, 2.05) is 6.07 Å². The maximum Gasteiger partial charge on any atom is 0.355 e. The molecule has 1 N–H and O–H groups in total. The molecule has 32 heavy (non-hydrogen) atoms. The summed E-state index contributed by atoms with van der Waals surface area (Å²) in [5.74, 6) is -2.38. The summed E-state index contributed by atoms with van der Waals surface area (Å²) < 4.78 is 23.3. The largest absolute Gasteiger partial charge is 0.461 e. The average molecular weight is 463 g/mol. The number of rotatable bonds is 6. The number of nitrogens with zero attached hydrogens (tertiary/aromatic N) is 1. The van der Waals surface area contributed by atoms with E-state index in [4.69, 9.17) is 9.47 Å². The first-order valence-corrected chi connectivity index (χ1v) is 11.5. The second-order valence-corrected chi connectivity index (χ2v) is 10.1. The van der Waals surface area contributed by atoms with Gasteiger partial charge in [0.15, 0.2) is 0 Å². The molecule has 1 unspecified atom stereocenters. The lowest BCUT2D eigenvalue weighted by Crippen LogP contribution is -2.74. The van der Waals surface area contributed by atoms with E-state index in [2.05, 4.69) is 5.32 Å². The summed E-state index contributed by atoms with van der Waals surface area (Å²) in [6, 6.07) is 8.00. The van der Waals surface area contributed by atoms with E-state index in [9.17, 15) is 23.4 Å². The van der Waals surface area contributed by atoms with Crippen molar-refractivity contribution in [3.63, 3.8) is 0 Å². The third-order valence-electron chi connectivity index (χ3n) is 4.77. The minimum absolute atomic E-state index is 0.0659. The fraction of sp³-hybridized carbons (Fsp3) is 0.455. The van der Waals surface area contributed by atoms with Gasteiger partial charge < -0.3 is 14.8 Å². The quantitative estimate of drug-likeness (QED) is 0.491. The van der Waals surface area contributed by atoms with Gasteiger partial charge in [0.05, 0.1) is 23.0 Å². The Kier molecular flexibility index (Phi) is 6.82. The number of β-lactam (4-membered cyclic amide) rings is 1. The Morgan fingerprint density at radius 2 is 1.84 bits per heavy atom. The number of hydrogen-bond donors (Lipinski definition) is 1. The highest BCUT2D eigenvalue weighted by Crippen LogP contribution is 2.36. The monoisotopic (exact) mass is 462 g/mol. The molecular weight excluding hydrogens is 436 g/mol. The second kappa shape index (κ2) is 9.23. The first-order chi connectivity index (χ1) is 15.0. The second-order valence-electron chi connectivity index (χ2n) is 8.57. The zero-order chi connectivity index (χ0) is 23.6. The summed E-state index contributed by atoms with van der Waals surface area (Å²) in [7, 11) is -1.61. The molecule has 3 atom stereocenters. The number of carbonyl (C=O) groups excluding carboxylic acids is 4. The molecule has 1 fully saturated rings. The molecule has 0 bridgehead atoms. The molecule has 0 aliphatic carbocycles. The molecule has 0 spiro atoms. The van der Waals surface area contributed by atoms with Crippen LogP contribution < -0.4 is 5.32 Å². The van der Waals surface area contributed by atoms with Crippen molar-refractivity contribution in [2.75, 3.05) is 12.4 Å². The predicted molar refractivity (Wildman–Crippen MR) is 115 cm³/mol. The van der Waals surface area contributed by atoms with E-state index in [1.54, 1.807) is 45.0 Å². The predicted octanol–water partition coefficient (Wildman–Crippen LogP) is 0.803. The van der Waals surface area contributed by atoms with E-state index in [1.165, 1.54) is 6.92 Å². The molecule has 1 aromatic rings. The van der Waals surface area contributed by atoms with Crippen molar-refractivity contribution in [1.82, 2.24) is 10.2 Å². The maximum atomic E-state index is 12.9. The molecule has 3 rings (SSSR count). The topological polar surface area (TPSA) is 119 Å². The molecular formula is C22H26N2O7S. The van der Waals surface area contributed by atoms with Crippen molar-refractivity contribution in [1.29, 1.82) is 0 Å². The zero-order valence-corrected chi connectivity index (χ0v) is 19.2.